The van der Waals surface area contributed by atoms with Crippen LogP contribution in [0.15, 0.2) is 36.7 Å². The largest absolute Gasteiger partial charge is 0.481 e. The summed E-state index contributed by atoms with van der Waals surface area (Å²) >= 11 is 0. The van der Waals surface area contributed by atoms with Crippen LogP contribution in [0.1, 0.15) is 38.3 Å². The fourth-order valence-electron chi connectivity index (χ4n) is 3.85. The molecule has 1 aliphatic rings. The number of fused-ring (bicyclic) bond motifs is 1. The number of aryl methyl sites for hydroxylation is 1. The van der Waals surface area contributed by atoms with E-state index in [4.69, 9.17) is 9.97 Å². The Bertz CT molecular complexity index is 974. The Morgan fingerprint density at radius 1 is 1.29 bits per heavy atom. The van der Waals surface area contributed by atoms with Crippen LogP contribution in [0.2, 0.25) is 0 Å². The van der Waals surface area contributed by atoms with Gasteiger partial charge >= 0.3 is 5.97 Å². The van der Waals surface area contributed by atoms with Crippen LogP contribution in [0.4, 0.5) is 5.82 Å². The molecule has 0 bridgehead atoms. The Morgan fingerprint density at radius 3 is 2.86 bits per heavy atom. The average molecular weight is 378 g/mol. The number of rotatable bonds is 6. The van der Waals surface area contributed by atoms with Gasteiger partial charge in [0.1, 0.15) is 5.69 Å². The van der Waals surface area contributed by atoms with Gasteiger partial charge in [0.05, 0.1) is 11.6 Å². The summed E-state index contributed by atoms with van der Waals surface area (Å²) < 4.78 is 0. The highest BCUT2D eigenvalue weighted by Crippen LogP contribution is 2.32. The summed E-state index contributed by atoms with van der Waals surface area (Å²) in [5.74, 6) is -0.0746. The number of hydrogen-bond acceptors (Lipinski definition) is 4. The summed E-state index contributed by atoms with van der Waals surface area (Å²) in [5.41, 5.74) is 3.97. The molecular weight excluding hydrogens is 352 g/mol. The second-order valence-corrected chi connectivity index (χ2v) is 7.52. The van der Waals surface area contributed by atoms with Crippen molar-refractivity contribution in [2.75, 3.05) is 18.0 Å². The summed E-state index contributed by atoms with van der Waals surface area (Å²) in [6, 6.07) is 8.34. The molecule has 6 heteroatoms. The standard InChI is InChI=1S/C22H26N4O2/c1-2-3-4-18-14-24-20(17-6-5-15-7-10-23-19(15)13-17)21(25-18)26-11-8-16(9-12-26)22(27)28/h5-7,10,13-14,16,23H,2-4,8-9,11-12H2,1H3,(H,27,28). The van der Waals surface area contributed by atoms with Crippen molar-refractivity contribution >= 4 is 22.7 Å². The number of nitrogens with zero attached hydrogens (tertiary/aromatic N) is 3. The van der Waals surface area contributed by atoms with Crippen LogP contribution in [0.5, 0.6) is 0 Å². The number of aliphatic carboxylic acids is 1. The van der Waals surface area contributed by atoms with Crippen molar-refractivity contribution in [3.63, 3.8) is 0 Å². The van der Waals surface area contributed by atoms with E-state index in [1.165, 1.54) is 5.39 Å². The molecular formula is C22H26N4O2. The van der Waals surface area contributed by atoms with Crippen LogP contribution in [0, 0.1) is 5.92 Å². The molecule has 2 N–H and O–H groups in total. The lowest BCUT2D eigenvalue weighted by Gasteiger charge is -2.32. The van der Waals surface area contributed by atoms with Gasteiger partial charge in [-0.15, -0.1) is 0 Å². The monoisotopic (exact) mass is 378 g/mol. The molecule has 0 amide bonds. The number of carboxylic acids is 1. The second kappa shape index (κ2) is 8.00. The van der Waals surface area contributed by atoms with E-state index in [1.807, 2.05) is 12.4 Å². The van der Waals surface area contributed by atoms with Gasteiger partial charge in [-0.25, -0.2) is 4.98 Å². The molecule has 0 atom stereocenters. The molecule has 0 radical (unpaired) electrons. The zero-order valence-corrected chi connectivity index (χ0v) is 16.2. The molecule has 1 aliphatic heterocycles. The first-order valence-electron chi connectivity index (χ1n) is 10.1. The van der Waals surface area contributed by atoms with Gasteiger partial charge in [-0.2, -0.15) is 0 Å². The number of hydrogen-bond donors (Lipinski definition) is 2. The van der Waals surface area contributed by atoms with E-state index in [0.29, 0.717) is 25.9 Å². The van der Waals surface area contributed by atoms with Crippen LogP contribution < -0.4 is 4.90 Å². The quantitative estimate of drug-likeness (QED) is 0.669. The smallest absolute Gasteiger partial charge is 0.306 e. The predicted octanol–water partition coefficient (Wildman–Crippen LogP) is 4.27. The summed E-state index contributed by atoms with van der Waals surface area (Å²) in [5, 5.41) is 10.5. The van der Waals surface area contributed by atoms with Crippen molar-refractivity contribution in [3.05, 3.63) is 42.4 Å². The van der Waals surface area contributed by atoms with Gasteiger partial charge in [0.2, 0.25) is 0 Å². The zero-order valence-electron chi connectivity index (χ0n) is 16.2. The normalized spacial score (nSPS) is 15.2. The molecule has 0 saturated carbocycles. The van der Waals surface area contributed by atoms with E-state index in [9.17, 15) is 9.90 Å². The van der Waals surface area contributed by atoms with Crippen LogP contribution in [0.25, 0.3) is 22.2 Å². The Kier molecular flexibility index (Phi) is 5.28. The van der Waals surface area contributed by atoms with Gasteiger partial charge < -0.3 is 15.0 Å². The molecule has 2 aromatic heterocycles. The molecule has 4 rings (SSSR count). The number of carbonyl (C=O) groups is 1. The van der Waals surface area contributed by atoms with Crippen molar-refractivity contribution in [1.82, 2.24) is 15.0 Å². The Balaban J connectivity index is 1.69. The number of unbranched alkanes of at least 4 members (excludes halogenated alkanes) is 1. The minimum Gasteiger partial charge on any atom is -0.481 e. The molecule has 1 fully saturated rings. The summed E-state index contributed by atoms with van der Waals surface area (Å²) in [7, 11) is 0. The maximum Gasteiger partial charge on any atom is 0.306 e. The lowest BCUT2D eigenvalue weighted by Crippen LogP contribution is -2.37. The minimum absolute atomic E-state index is 0.258. The molecule has 1 aromatic carbocycles. The van der Waals surface area contributed by atoms with Crippen LogP contribution in [-0.4, -0.2) is 39.1 Å². The molecule has 3 heterocycles. The number of H-pyrrole nitrogens is 1. The van der Waals surface area contributed by atoms with Crippen molar-refractivity contribution in [3.8, 4) is 11.3 Å². The maximum atomic E-state index is 11.3. The fourth-order valence-corrected chi connectivity index (χ4v) is 3.85. The predicted molar refractivity (Wildman–Crippen MR) is 111 cm³/mol. The van der Waals surface area contributed by atoms with E-state index in [2.05, 4.69) is 41.1 Å². The highest BCUT2D eigenvalue weighted by Gasteiger charge is 2.27. The molecule has 0 aliphatic carbocycles. The number of aromatic amines is 1. The van der Waals surface area contributed by atoms with Crippen LogP contribution >= 0.6 is 0 Å². The van der Waals surface area contributed by atoms with Crippen molar-refractivity contribution in [1.29, 1.82) is 0 Å². The lowest BCUT2D eigenvalue weighted by molar-refractivity contribution is -0.142. The minimum atomic E-state index is -0.695. The summed E-state index contributed by atoms with van der Waals surface area (Å²) in [6.45, 7) is 3.56. The number of aromatic nitrogens is 3. The van der Waals surface area contributed by atoms with Crippen LogP contribution in [-0.2, 0) is 11.2 Å². The number of nitrogens with one attached hydrogen (secondary N) is 1. The van der Waals surface area contributed by atoms with Gasteiger partial charge in [0, 0.05) is 36.6 Å². The molecule has 1 saturated heterocycles. The SMILES string of the molecule is CCCCc1cnc(-c2ccc3cc[nH]c3c2)c(N2CCC(C(=O)O)CC2)n1. The van der Waals surface area contributed by atoms with Crippen LogP contribution in [0.3, 0.4) is 0 Å². The summed E-state index contributed by atoms with van der Waals surface area (Å²) in [4.78, 5) is 26.5. The van der Waals surface area contributed by atoms with Crippen molar-refractivity contribution in [2.45, 2.75) is 39.0 Å². The van der Waals surface area contributed by atoms with Gasteiger partial charge in [0.15, 0.2) is 5.82 Å². The van der Waals surface area contributed by atoms with E-state index in [-0.39, 0.29) is 5.92 Å². The third-order valence-corrected chi connectivity index (χ3v) is 5.56. The topological polar surface area (TPSA) is 82.1 Å². The van der Waals surface area contributed by atoms with Gasteiger partial charge in [-0.1, -0.05) is 25.5 Å². The van der Waals surface area contributed by atoms with Gasteiger partial charge in [-0.05, 0) is 43.2 Å². The second-order valence-electron chi connectivity index (χ2n) is 7.52. The first kappa shape index (κ1) is 18.5. The maximum absolute atomic E-state index is 11.3. The lowest BCUT2D eigenvalue weighted by atomic mass is 9.97. The van der Waals surface area contributed by atoms with E-state index >= 15 is 0 Å². The van der Waals surface area contributed by atoms with Gasteiger partial charge in [0.25, 0.3) is 0 Å². The van der Waals surface area contributed by atoms with Gasteiger partial charge in [-0.3, -0.25) is 9.78 Å². The molecule has 3 aromatic rings. The Labute approximate surface area is 164 Å². The number of carboxylic acid groups (broad SMARTS) is 1. The highest BCUT2D eigenvalue weighted by atomic mass is 16.4. The van der Waals surface area contributed by atoms with E-state index < -0.39 is 5.97 Å². The third kappa shape index (κ3) is 3.72. The zero-order chi connectivity index (χ0) is 19.5. The van der Waals surface area contributed by atoms with Crippen molar-refractivity contribution in [2.24, 2.45) is 5.92 Å². The average Bonchev–Trinajstić information content (AvgIpc) is 3.20. The highest BCUT2D eigenvalue weighted by molar-refractivity contribution is 5.86. The first-order valence-corrected chi connectivity index (χ1v) is 10.1. The van der Waals surface area contributed by atoms with E-state index in [1.54, 1.807) is 0 Å². The molecule has 0 spiro atoms. The Hall–Kier alpha value is -2.89. The first-order chi connectivity index (χ1) is 13.7. The molecule has 6 nitrogen and oxygen atoms in total. The number of piperidine rings is 1. The Morgan fingerprint density at radius 2 is 2.11 bits per heavy atom. The van der Waals surface area contributed by atoms with E-state index in [0.717, 1.165) is 47.5 Å². The number of benzene rings is 1. The third-order valence-electron chi connectivity index (χ3n) is 5.56. The van der Waals surface area contributed by atoms with Crippen molar-refractivity contribution < 1.29 is 9.90 Å². The fraction of sp³-hybridized carbons (Fsp3) is 0.409. The molecule has 28 heavy (non-hydrogen) atoms. The molecule has 0 unspecified atom stereocenters. The summed E-state index contributed by atoms with van der Waals surface area (Å²) in [6.07, 6.45) is 8.23. The number of anilines is 1. The molecule has 146 valence electrons.